The van der Waals surface area contributed by atoms with E-state index in [0.717, 1.165) is 10.4 Å². The van der Waals surface area contributed by atoms with Crippen molar-refractivity contribution in [3.63, 3.8) is 0 Å². The van der Waals surface area contributed by atoms with Gasteiger partial charge in [0.15, 0.2) is 0 Å². The van der Waals surface area contributed by atoms with E-state index in [-0.39, 0.29) is 11.9 Å². The van der Waals surface area contributed by atoms with Crippen molar-refractivity contribution in [1.82, 2.24) is 0 Å². The molecule has 3 rings (SSSR count). The van der Waals surface area contributed by atoms with Crippen molar-refractivity contribution < 1.29 is 4.39 Å². The van der Waals surface area contributed by atoms with E-state index in [1.54, 1.807) is 17.4 Å². The van der Waals surface area contributed by atoms with E-state index in [2.05, 4.69) is 6.07 Å². The second-order valence-corrected chi connectivity index (χ2v) is 5.65. The molecule has 1 heterocycles. The summed E-state index contributed by atoms with van der Waals surface area (Å²) in [6, 6.07) is 8.58. The zero-order chi connectivity index (χ0) is 11.8. The topological polar surface area (TPSA) is 26.0 Å². The van der Waals surface area contributed by atoms with Gasteiger partial charge in [0.1, 0.15) is 5.82 Å². The summed E-state index contributed by atoms with van der Waals surface area (Å²) >= 11 is 1.78. The van der Waals surface area contributed by atoms with E-state index in [0.29, 0.717) is 0 Å². The molecule has 0 saturated carbocycles. The predicted molar refractivity (Wildman–Crippen MR) is 68.8 cm³/mol. The van der Waals surface area contributed by atoms with Crippen molar-refractivity contribution in [1.29, 1.82) is 0 Å². The lowest BCUT2D eigenvalue weighted by atomic mass is 10.1. The Morgan fingerprint density at radius 2 is 2.12 bits per heavy atom. The summed E-state index contributed by atoms with van der Waals surface area (Å²) in [4.78, 5) is 2.62. The highest BCUT2D eigenvalue weighted by atomic mass is 32.1. The van der Waals surface area contributed by atoms with Gasteiger partial charge in [-0.25, -0.2) is 4.39 Å². The van der Waals surface area contributed by atoms with Gasteiger partial charge in [-0.2, -0.15) is 0 Å². The van der Waals surface area contributed by atoms with Crippen LogP contribution in [0, 0.1) is 5.82 Å². The van der Waals surface area contributed by atoms with Gasteiger partial charge in [-0.15, -0.1) is 11.3 Å². The van der Waals surface area contributed by atoms with E-state index in [1.807, 2.05) is 6.07 Å². The molecule has 1 atom stereocenters. The molecule has 1 aromatic carbocycles. The minimum absolute atomic E-state index is 0.193. The van der Waals surface area contributed by atoms with Crippen molar-refractivity contribution in [3.8, 4) is 0 Å². The molecule has 0 radical (unpaired) electrons. The second kappa shape index (κ2) is 4.24. The molecule has 1 nitrogen and oxygen atoms in total. The number of aryl methyl sites for hydroxylation is 2. The molecular formula is C14H14FNS. The fraction of sp³-hybridized carbons (Fsp3) is 0.286. The maximum atomic E-state index is 13.2. The summed E-state index contributed by atoms with van der Waals surface area (Å²) in [5.74, 6) is -0.220. The van der Waals surface area contributed by atoms with Crippen molar-refractivity contribution in [2.45, 2.75) is 25.3 Å². The van der Waals surface area contributed by atoms with E-state index in [1.165, 1.54) is 41.8 Å². The Morgan fingerprint density at radius 3 is 2.88 bits per heavy atom. The number of hydrogen-bond acceptors (Lipinski definition) is 2. The lowest BCUT2D eigenvalue weighted by molar-refractivity contribution is 0.624. The number of benzene rings is 1. The quantitative estimate of drug-likeness (QED) is 0.864. The molecule has 0 aliphatic heterocycles. The van der Waals surface area contributed by atoms with Gasteiger partial charge >= 0.3 is 0 Å². The Labute approximate surface area is 104 Å². The highest BCUT2D eigenvalue weighted by Crippen LogP contribution is 2.35. The number of fused-ring (bicyclic) bond motifs is 1. The maximum absolute atomic E-state index is 13.2. The normalized spacial score (nSPS) is 15.9. The van der Waals surface area contributed by atoms with Gasteiger partial charge in [0, 0.05) is 9.75 Å². The van der Waals surface area contributed by atoms with Crippen LogP contribution < -0.4 is 5.73 Å². The number of hydrogen-bond donors (Lipinski definition) is 1. The van der Waals surface area contributed by atoms with Crippen LogP contribution in [-0.4, -0.2) is 0 Å². The molecule has 0 saturated heterocycles. The van der Waals surface area contributed by atoms with Crippen molar-refractivity contribution in [3.05, 3.63) is 57.0 Å². The van der Waals surface area contributed by atoms with Crippen molar-refractivity contribution in [2.24, 2.45) is 5.73 Å². The molecule has 0 spiro atoms. The highest BCUT2D eigenvalue weighted by molar-refractivity contribution is 7.12. The van der Waals surface area contributed by atoms with Gasteiger partial charge in [0.2, 0.25) is 0 Å². The Bertz CT molecular complexity index is 525. The molecule has 2 aromatic rings. The maximum Gasteiger partial charge on any atom is 0.123 e. The summed E-state index contributed by atoms with van der Waals surface area (Å²) < 4.78 is 13.2. The number of thiophene rings is 1. The third kappa shape index (κ3) is 2.01. The minimum atomic E-state index is -0.220. The molecular weight excluding hydrogens is 233 g/mol. The lowest BCUT2D eigenvalue weighted by Crippen LogP contribution is -2.10. The van der Waals surface area contributed by atoms with Gasteiger partial charge in [0.05, 0.1) is 6.04 Å². The Kier molecular flexibility index (Phi) is 2.73. The van der Waals surface area contributed by atoms with Crippen molar-refractivity contribution in [2.75, 3.05) is 0 Å². The van der Waals surface area contributed by atoms with Gasteiger partial charge in [0.25, 0.3) is 0 Å². The minimum Gasteiger partial charge on any atom is -0.320 e. The molecule has 0 fully saturated rings. The zero-order valence-electron chi connectivity index (χ0n) is 9.45. The molecule has 88 valence electrons. The molecule has 0 amide bonds. The van der Waals surface area contributed by atoms with E-state index in [9.17, 15) is 4.39 Å². The molecule has 3 heteroatoms. The van der Waals surface area contributed by atoms with Crippen LogP contribution >= 0.6 is 11.3 Å². The summed E-state index contributed by atoms with van der Waals surface area (Å²) in [5.41, 5.74) is 8.48. The second-order valence-electron chi connectivity index (χ2n) is 4.48. The number of nitrogens with two attached hydrogens (primary N) is 1. The van der Waals surface area contributed by atoms with Crippen molar-refractivity contribution >= 4 is 11.3 Å². The van der Waals surface area contributed by atoms with Crippen LogP contribution in [0.25, 0.3) is 0 Å². The SMILES string of the molecule is NC(c1cccc(F)c1)c1cc2c(s1)CCC2. The highest BCUT2D eigenvalue weighted by Gasteiger charge is 2.19. The van der Waals surface area contributed by atoms with Gasteiger partial charge in [-0.05, 0) is 48.6 Å². The molecule has 0 bridgehead atoms. The third-order valence-electron chi connectivity index (χ3n) is 3.28. The van der Waals surface area contributed by atoms with Crippen LogP contribution in [0.15, 0.2) is 30.3 Å². The Hall–Kier alpha value is -1.19. The Balaban J connectivity index is 1.93. The van der Waals surface area contributed by atoms with Gasteiger partial charge in [-0.1, -0.05) is 12.1 Å². The summed E-state index contributed by atoms with van der Waals surface area (Å²) in [5, 5.41) is 0. The van der Waals surface area contributed by atoms with Gasteiger partial charge in [-0.3, -0.25) is 0 Å². The van der Waals surface area contributed by atoms with E-state index >= 15 is 0 Å². The van der Waals surface area contributed by atoms with Gasteiger partial charge < -0.3 is 5.73 Å². The molecule has 1 aliphatic carbocycles. The average molecular weight is 247 g/mol. The van der Waals surface area contributed by atoms with Crippen LogP contribution in [0.3, 0.4) is 0 Å². The van der Waals surface area contributed by atoms with Crippen LogP contribution in [0.2, 0.25) is 0 Å². The first-order valence-corrected chi connectivity index (χ1v) is 6.68. The zero-order valence-corrected chi connectivity index (χ0v) is 10.3. The molecule has 1 unspecified atom stereocenters. The first-order chi connectivity index (χ1) is 8.24. The standard InChI is InChI=1S/C14H14FNS/c15-11-5-1-4-10(7-11)14(16)13-8-9-3-2-6-12(9)17-13/h1,4-5,7-8,14H,2-3,6,16H2. The molecule has 1 aromatic heterocycles. The van der Waals surface area contributed by atoms with E-state index in [4.69, 9.17) is 5.73 Å². The number of rotatable bonds is 2. The fourth-order valence-electron chi connectivity index (χ4n) is 2.37. The Morgan fingerprint density at radius 1 is 1.24 bits per heavy atom. The van der Waals surface area contributed by atoms with E-state index < -0.39 is 0 Å². The van der Waals surface area contributed by atoms with Crippen LogP contribution in [0.1, 0.15) is 33.3 Å². The monoisotopic (exact) mass is 247 g/mol. The summed E-state index contributed by atoms with van der Waals surface area (Å²) in [6.45, 7) is 0. The fourth-order valence-corrected chi connectivity index (χ4v) is 3.66. The molecule has 17 heavy (non-hydrogen) atoms. The van der Waals surface area contributed by atoms with Crippen LogP contribution in [-0.2, 0) is 12.8 Å². The molecule has 2 N–H and O–H groups in total. The predicted octanol–water partition coefficient (Wildman–Crippen LogP) is 3.42. The van der Waals surface area contributed by atoms with Crippen LogP contribution in [0.5, 0.6) is 0 Å². The first-order valence-electron chi connectivity index (χ1n) is 5.86. The smallest absolute Gasteiger partial charge is 0.123 e. The average Bonchev–Trinajstić information content (AvgIpc) is 2.88. The summed E-state index contributed by atoms with van der Waals surface area (Å²) in [6.07, 6.45) is 3.61. The largest absolute Gasteiger partial charge is 0.320 e. The third-order valence-corrected chi connectivity index (χ3v) is 4.60. The summed E-state index contributed by atoms with van der Waals surface area (Å²) in [7, 11) is 0. The first kappa shape index (κ1) is 10.9. The number of halogens is 1. The lowest BCUT2D eigenvalue weighted by Gasteiger charge is -2.10. The molecule has 1 aliphatic rings. The van der Waals surface area contributed by atoms with Crippen LogP contribution in [0.4, 0.5) is 4.39 Å².